The minimum atomic E-state index is -2.73. The average Bonchev–Trinajstić information content (AvgIpc) is 2.13. The summed E-state index contributed by atoms with van der Waals surface area (Å²) in [6, 6.07) is 0.167. The van der Waals surface area contributed by atoms with Crippen molar-refractivity contribution in [3.05, 3.63) is 35.1 Å². The van der Waals surface area contributed by atoms with Crippen LogP contribution < -0.4 is 5.73 Å². The first kappa shape index (κ1) is 11.9. The molecule has 1 aromatic carbocycles. The van der Waals surface area contributed by atoms with Crippen LogP contribution in [0.15, 0.2) is 12.1 Å². The van der Waals surface area contributed by atoms with Crippen LogP contribution in [0, 0.1) is 17.5 Å². The summed E-state index contributed by atoms with van der Waals surface area (Å²) in [5.41, 5.74) is 4.76. The smallest absolute Gasteiger partial charge is 0.240 e. The van der Waals surface area contributed by atoms with Gasteiger partial charge in [-0.2, -0.15) is 0 Å². The molecule has 0 heterocycles. The summed E-state index contributed by atoms with van der Waals surface area (Å²) in [7, 11) is 0. The maximum atomic E-state index is 13.0. The van der Waals surface area contributed by atoms with E-state index in [-0.39, 0.29) is 0 Å². The summed E-state index contributed by atoms with van der Waals surface area (Å²) in [4.78, 5) is 0. The second-order valence-electron chi connectivity index (χ2n) is 3.00. The number of benzene rings is 1. The summed E-state index contributed by atoms with van der Waals surface area (Å²) in [5, 5.41) is 0. The minimum absolute atomic E-state index is 0.450. The van der Waals surface area contributed by atoms with Crippen LogP contribution in [0.3, 0.4) is 0 Å². The molecule has 1 nitrogen and oxygen atoms in total. The van der Waals surface area contributed by atoms with E-state index in [9.17, 15) is 22.0 Å². The van der Waals surface area contributed by atoms with Gasteiger partial charge in [-0.25, -0.2) is 22.0 Å². The van der Waals surface area contributed by atoms with Crippen LogP contribution in [0.2, 0.25) is 0 Å². The molecule has 1 aromatic rings. The fraction of sp³-hybridized carbons (Fsp3) is 0.333. The van der Waals surface area contributed by atoms with Gasteiger partial charge in [0.1, 0.15) is 0 Å². The van der Waals surface area contributed by atoms with E-state index in [2.05, 4.69) is 0 Å². The Morgan fingerprint density at radius 2 is 1.67 bits per heavy atom. The lowest BCUT2D eigenvalue weighted by molar-refractivity contribution is 0.128. The lowest BCUT2D eigenvalue weighted by Crippen LogP contribution is -2.16. The third-order valence-corrected chi connectivity index (χ3v) is 1.90. The summed E-state index contributed by atoms with van der Waals surface area (Å²) in [5.74, 6) is -4.58. The molecule has 0 unspecified atom stereocenters. The number of hydrogen-bond acceptors (Lipinski definition) is 1. The zero-order valence-corrected chi connectivity index (χ0v) is 7.48. The molecule has 0 amide bonds. The van der Waals surface area contributed by atoms with Gasteiger partial charge in [-0.15, -0.1) is 0 Å². The van der Waals surface area contributed by atoms with E-state index in [4.69, 9.17) is 5.73 Å². The van der Waals surface area contributed by atoms with Crippen molar-refractivity contribution in [3.8, 4) is 0 Å². The van der Waals surface area contributed by atoms with Crippen molar-refractivity contribution in [2.24, 2.45) is 5.73 Å². The first-order valence-corrected chi connectivity index (χ1v) is 4.10. The van der Waals surface area contributed by atoms with Crippen LogP contribution in [-0.2, 0) is 0 Å². The van der Waals surface area contributed by atoms with E-state index in [0.29, 0.717) is 6.07 Å². The normalized spacial score (nSPS) is 13.3. The molecule has 15 heavy (non-hydrogen) atoms. The molecule has 0 saturated carbocycles. The minimum Gasteiger partial charge on any atom is -0.324 e. The first-order valence-electron chi connectivity index (χ1n) is 4.10. The molecule has 2 N–H and O–H groups in total. The van der Waals surface area contributed by atoms with Crippen molar-refractivity contribution in [1.82, 2.24) is 0 Å². The SMILES string of the molecule is N[C@@H](CC(F)F)c1ccc(F)c(F)c1F. The molecule has 0 aliphatic rings. The molecule has 0 saturated heterocycles. The van der Waals surface area contributed by atoms with Gasteiger partial charge in [0.15, 0.2) is 17.5 Å². The maximum Gasteiger partial charge on any atom is 0.240 e. The molecule has 1 rings (SSSR count). The van der Waals surface area contributed by atoms with Gasteiger partial charge in [0, 0.05) is 18.0 Å². The number of alkyl halides is 2. The standard InChI is InChI=1S/C9H8F5N/c10-5-2-1-4(8(13)9(5)14)6(15)3-7(11)12/h1-2,6-7H,3,15H2/t6-/m0/s1. The van der Waals surface area contributed by atoms with Gasteiger partial charge in [-0.05, 0) is 6.07 Å². The zero-order valence-electron chi connectivity index (χ0n) is 7.48. The van der Waals surface area contributed by atoms with E-state index in [0.717, 1.165) is 6.07 Å². The van der Waals surface area contributed by atoms with E-state index < -0.39 is 41.9 Å². The van der Waals surface area contributed by atoms with E-state index in [1.165, 1.54) is 0 Å². The van der Waals surface area contributed by atoms with Crippen molar-refractivity contribution >= 4 is 0 Å². The molecule has 0 radical (unpaired) electrons. The Bertz CT molecular complexity index is 353. The molecule has 0 aliphatic heterocycles. The summed E-state index contributed by atoms with van der Waals surface area (Å²) < 4.78 is 62.0. The molecular weight excluding hydrogens is 217 g/mol. The quantitative estimate of drug-likeness (QED) is 0.621. The Morgan fingerprint density at radius 1 is 1.07 bits per heavy atom. The second-order valence-corrected chi connectivity index (χ2v) is 3.00. The molecule has 0 bridgehead atoms. The number of nitrogens with two attached hydrogens (primary N) is 1. The van der Waals surface area contributed by atoms with Crippen molar-refractivity contribution in [2.75, 3.05) is 0 Å². The number of rotatable bonds is 3. The van der Waals surface area contributed by atoms with Crippen LogP contribution in [0.5, 0.6) is 0 Å². The Labute approximate surface area is 82.7 Å². The average molecular weight is 225 g/mol. The Morgan fingerprint density at radius 3 is 2.20 bits per heavy atom. The third-order valence-electron chi connectivity index (χ3n) is 1.90. The molecular formula is C9H8F5N. The van der Waals surface area contributed by atoms with Gasteiger partial charge in [-0.3, -0.25) is 0 Å². The predicted molar refractivity (Wildman–Crippen MR) is 43.9 cm³/mol. The fourth-order valence-electron chi connectivity index (χ4n) is 1.15. The Hall–Kier alpha value is -1.17. The van der Waals surface area contributed by atoms with Gasteiger partial charge >= 0.3 is 0 Å². The van der Waals surface area contributed by atoms with Gasteiger partial charge in [0.25, 0.3) is 0 Å². The molecule has 0 fully saturated rings. The van der Waals surface area contributed by atoms with E-state index in [1.54, 1.807) is 0 Å². The van der Waals surface area contributed by atoms with Gasteiger partial charge in [0.2, 0.25) is 6.43 Å². The summed E-state index contributed by atoms with van der Waals surface area (Å²) in [6.07, 6.45) is -3.53. The Balaban J connectivity index is 3.00. The molecule has 0 aliphatic carbocycles. The largest absolute Gasteiger partial charge is 0.324 e. The van der Waals surface area contributed by atoms with E-state index >= 15 is 0 Å². The highest BCUT2D eigenvalue weighted by Crippen LogP contribution is 2.23. The predicted octanol–water partition coefficient (Wildman–Crippen LogP) is 2.76. The highest BCUT2D eigenvalue weighted by atomic mass is 19.3. The third kappa shape index (κ3) is 2.65. The van der Waals surface area contributed by atoms with Crippen LogP contribution in [-0.4, -0.2) is 6.43 Å². The molecule has 84 valence electrons. The lowest BCUT2D eigenvalue weighted by atomic mass is 10.0. The van der Waals surface area contributed by atoms with Gasteiger partial charge in [0.05, 0.1) is 0 Å². The topological polar surface area (TPSA) is 26.0 Å². The van der Waals surface area contributed by atoms with Gasteiger partial charge in [-0.1, -0.05) is 6.07 Å². The van der Waals surface area contributed by atoms with Crippen LogP contribution in [0.1, 0.15) is 18.0 Å². The second kappa shape index (κ2) is 4.57. The fourth-order valence-corrected chi connectivity index (χ4v) is 1.15. The van der Waals surface area contributed by atoms with Crippen LogP contribution >= 0.6 is 0 Å². The van der Waals surface area contributed by atoms with E-state index in [1.807, 2.05) is 0 Å². The van der Waals surface area contributed by atoms with Crippen LogP contribution in [0.25, 0.3) is 0 Å². The molecule has 0 spiro atoms. The highest BCUT2D eigenvalue weighted by Gasteiger charge is 2.20. The van der Waals surface area contributed by atoms with Gasteiger partial charge < -0.3 is 5.73 Å². The number of hydrogen-bond donors (Lipinski definition) is 1. The van der Waals surface area contributed by atoms with Crippen LogP contribution in [0.4, 0.5) is 22.0 Å². The zero-order chi connectivity index (χ0) is 11.6. The van der Waals surface area contributed by atoms with Crippen molar-refractivity contribution in [2.45, 2.75) is 18.9 Å². The lowest BCUT2D eigenvalue weighted by Gasteiger charge is -2.12. The van der Waals surface area contributed by atoms with Crippen molar-refractivity contribution in [1.29, 1.82) is 0 Å². The Kier molecular flexibility index (Phi) is 3.62. The number of halogens is 5. The molecule has 1 atom stereocenters. The maximum absolute atomic E-state index is 13.0. The summed E-state index contributed by atoms with van der Waals surface area (Å²) in [6.45, 7) is 0. The van der Waals surface area contributed by atoms with Crippen molar-refractivity contribution in [3.63, 3.8) is 0 Å². The summed E-state index contributed by atoms with van der Waals surface area (Å²) >= 11 is 0. The monoisotopic (exact) mass is 225 g/mol. The molecule has 6 heteroatoms. The first-order chi connectivity index (χ1) is 6.93. The van der Waals surface area contributed by atoms with Crippen molar-refractivity contribution < 1.29 is 22.0 Å². The molecule has 0 aromatic heterocycles. The highest BCUT2D eigenvalue weighted by molar-refractivity contribution is 5.23.